The predicted octanol–water partition coefficient (Wildman–Crippen LogP) is 1.71. The smallest absolute Gasteiger partial charge is 0.234 e. The van der Waals surface area contributed by atoms with Crippen LogP contribution in [-0.4, -0.2) is 48.2 Å². The highest BCUT2D eigenvalue weighted by atomic mass is 19.1. The molecule has 0 aromatic heterocycles. The van der Waals surface area contributed by atoms with Crippen LogP contribution in [0.3, 0.4) is 0 Å². The van der Waals surface area contributed by atoms with Gasteiger partial charge in [0, 0.05) is 18.2 Å². The first-order valence-electron chi connectivity index (χ1n) is 7.95. The van der Waals surface area contributed by atoms with E-state index >= 15 is 0 Å². The number of likely N-dealkylation sites (N-methyl/N-ethyl adjacent to an activating group) is 1. The van der Waals surface area contributed by atoms with Crippen LogP contribution in [0.1, 0.15) is 25.3 Å². The Bertz CT molecular complexity index is 529. The van der Waals surface area contributed by atoms with Crippen molar-refractivity contribution in [3.8, 4) is 0 Å². The van der Waals surface area contributed by atoms with Crippen LogP contribution < -0.4 is 5.32 Å². The van der Waals surface area contributed by atoms with E-state index < -0.39 is 17.7 Å². The number of halogens is 2. The second-order valence-electron chi connectivity index (χ2n) is 6.47. The number of nitrogens with zero attached hydrogens (tertiary/aromatic N) is 1. The Morgan fingerprint density at radius 2 is 2.00 bits per heavy atom. The van der Waals surface area contributed by atoms with Gasteiger partial charge < -0.3 is 10.4 Å². The summed E-state index contributed by atoms with van der Waals surface area (Å²) in [6.45, 7) is 2.31. The van der Waals surface area contributed by atoms with E-state index in [0.717, 1.165) is 12.8 Å². The molecule has 2 unspecified atom stereocenters. The zero-order chi connectivity index (χ0) is 17.0. The standard InChI is InChI=1S/C17H24F2N2O2/c1-11(8-13-14(18)4-3-5-15(13)19)20-17(23)10-21(2)9-16(22)12-6-7-12/h3-5,11-12,16,22H,6-10H2,1-2H3,(H,20,23). The van der Waals surface area contributed by atoms with E-state index in [9.17, 15) is 18.7 Å². The number of rotatable bonds is 8. The molecule has 0 aliphatic heterocycles. The fourth-order valence-electron chi connectivity index (χ4n) is 2.66. The Balaban J connectivity index is 1.77. The monoisotopic (exact) mass is 326 g/mol. The lowest BCUT2D eigenvalue weighted by Gasteiger charge is -2.21. The number of benzene rings is 1. The van der Waals surface area contributed by atoms with Crippen LogP contribution >= 0.6 is 0 Å². The highest BCUT2D eigenvalue weighted by Crippen LogP contribution is 2.32. The van der Waals surface area contributed by atoms with E-state index in [2.05, 4.69) is 5.32 Å². The van der Waals surface area contributed by atoms with Crippen LogP contribution in [0.25, 0.3) is 0 Å². The van der Waals surface area contributed by atoms with Gasteiger partial charge in [-0.15, -0.1) is 0 Å². The summed E-state index contributed by atoms with van der Waals surface area (Å²) in [5, 5.41) is 12.6. The third-order valence-electron chi connectivity index (χ3n) is 4.06. The Morgan fingerprint density at radius 1 is 1.39 bits per heavy atom. The molecule has 1 aliphatic carbocycles. The molecule has 23 heavy (non-hydrogen) atoms. The van der Waals surface area contributed by atoms with E-state index in [4.69, 9.17) is 0 Å². The lowest BCUT2D eigenvalue weighted by molar-refractivity contribution is -0.122. The lowest BCUT2D eigenvalue weighted by Crippen LogP contribution is -2.42. The topological polar surface area (TPSA) is 52.6 Å². The van der Waals surface area contributed by atoms with E-state index in [-0.39, 0.29) is 30.5 Å². The van der Waals surface area contributed by atoms with Gasteiger partial charge in [-0.1, -0.05) is 6.07 Å². The zero-order valence-corrected chi connectivity index (χ0v) is 13.6. The van der Waals surface area contributed by atoms with Gasteiger partial charge in [0.15, 0.2) is 0 Å². The van der Waals surface area contributed by atoms with Gasteiger partial charge in [-0.3, -0.25) is 9.69 Å². The quantitative estimate of drug-likeness (QED) is 0.765. The third kappa shape index (κ3) is 5.55. The van der Waals surface area contributed by atoms with Crippen molar-refractivity contribution < 1.29 is 18.7 Å². The SMILES string of the molecule is CC(Cc1c(F)cccc1F)NC(=O)CN(C)CC(O)C1CC1. The van der Waals surface area contributed by atoms with Crippen molar-refractivity contribution in [1.29, 1.82) is 0 Å². The van der Waals surface area contributed by atoms with Crippen LogP contribution in [0.2, 0.25) is 0 Å². The van der Waals surface area contributed by atoms with Gasteiger partial charge in [0.05, 0.1) is 12.6 Å². The fourth-order valence-corrected chi connectivity index (χ4v) is 2.66. The van der Waals surface area contributed by atoms with Crippen LogP contribution in [0, 0.1) is 17.6 Å². The van der Waals surface area contributed by atoms with Gasteiger partial charge in [0.25, 0.3) is 0 Å². The molecule has 0 radical (unpaired) electrons. The summed E-state index contributed by atoms with van der Waals surface area (Å²) in [5.41, 5.74) is -0.0159. The van der Waals surface area contributed by atoms with Crippen molar-refractivity contribution >= 4 is 5.91 Å². The molecular formula is C17H24F2N2O2. The van der Waals surface area contributed by atoms with Crippen molar-refractivity contribution in [2.45, 2.75) is 38.3 Å². The number of carbonyl (C=O) groups excluding carboxylic acids is 1. The van der Waals surface area contributed by atoms with E-state index in [1.54, 1.807) is 18.9 Å². The molecule has 0 heterocycles. The number of nitrogens with one attached hydrogen (secondary N) is 1. The highest BCUT2D eigenvalue weighted by Gasteiger charge is 2.30. The van der Waals surface area contributed by atoms with Gasteiger partial charge >= 0.3 is 0 Å². The summed E-state index contributed by atoms with van der Waals surface area (Å²) >= 11 is 0. The Labute approximate surface area is 135 Å². The minimum atomic E-state index is -0.601. The second kappa shape index (κ2) is 7.84. The van der Waals surface area contributed by atoms with E-state index in [0.29, 0.717) is 12.5 Å². The Kier molecular flexibility index (Phi) is 6.07. The summed E-state index contributed by atoms with van der Waals surface area (Å²) in [4.78, 5) is 13.7. The highest BCUT2D eigenvalue weighted by molar-refractivity contribution is 5.78. The summed E-state index contributed by atoms with van der Waals surface area (Å²) in [6.07, 6.45) is 1.80. The molecule has 1 amide bonds. The first kappa shape index (κ1) is 17.8. The number of hydrogen-bond donors (Lipinski definition) is 2. The van der Waals surface area contributed by atoms with Gasteiger partial charge in [-0.05, 0) is 51.3 Å². The van der Waals surface area contributed by atoms with E-state index in [1.165, 1.54) is 18.2 Å². The lowest BCUT2D eigenvalue weighted by atomic mass is 10.1. The minimum Gasteiger partial charge on any atom is -0.392 e. The van der Waals surface area contributed by atoms with Crippen LogP contribution in [0.4, 0.5) is 8.78 Å². The van der Waals surface area contributed by atoms with Crippen molar-refractivity contribution in [3.63, 3.8) is 0 Å². The van der Waals surface area contributed by atoms with Gasteiger partial charge in [-0.25, -0.2) is 8.78 Å². The molecule has 0 saturated heterocycles. The normalized spacial score (nSPS) is 17.1. The molecule has 2 rings (SSSR count). The maximum Gasteiger partial charge on any atom is 0.234 e. The molecule has 2 N–H and O–H groups in total. The molecule has 2 atom stereocenters. The van der Waals surface area contributed by atoms with Crippen molar-refractivity contribution in [1.82, 2.24) is 10.2 Å². The largest absolute Gasteiger partial charge is 0.392 e. The average molecular weight is 326 g/mol. The van der Waals surface area contributed by atoms with Gasteiger partial charge in [-0.2, -0.15) is 0 Å². The van der Waals surface area contributed by atoms with E-state index in [1.807, 2.05) is 0 Å². The van der Waals surface area contributed by atoms with Crippen molar-refractivity contribution in [2.75, 3.05) is 20.1 Å². The van der Waals surface area contributed by atoms with Gasteiger partial charge in [0.2, 0.25) is 5.91 Å². The molecule has 4 nitrogen and oxygen atoms in total. The van der Waals surface area contributed by atoms with Crippen LogP contribution in [0.15, 0.2) is 18.2 Å². The number of aliphatic hydroxyl groups is 1. The molecule has 1 aliphatic rings. The number of carbonyl (C=O) groups is 1. The first-order valence-corrected chi connectivity index (χ1v) is 7.95. The summed E-state index contributed by atoms with van der Waals surface area (Å²) in [5.74, 6) is -1.06. The van der Waals surface area contributed by atoms with Crippen LogP contribution in [-0.2, 0) is 11.2 Å². The molecule has 0 bridgehead atoms. The minimum absolute atomic E-state index is 0.0159. The van der Waals surface area contributed by atoms with Crippen molar-refractivity contribution in [2.24, 2.45) is 5.92 Å². The predicted molar refractivity (Wildman–Crippen MR) is 83.9 cm³/mol. The summed E-state index contributed by atoms with van der Waals surface area (Å²) in [7, 11) is 1.77. The number of amides is 1. The molecule has 1 aromatic rings. The second-order valence-corrected chi connectivity index (χ2v) is 6.47. The summed E-state index contributed by atoms with van der Waals surface area (Å²) < 4.78 is 27.2. The number of aliphatic hydroxyl groups excluding tert-OH is 1. The maximum atomic E-state index is 13.6. The molecule has 1 aromatic carbocycles. The fraction of sp³-hybridized carbons (Fsp3) is 0.588. The molecule has 6 heteroatoms. The maximum absolute atomic E-state index is 13.6. The average Bonchev–Trinajstić information content (AvgIpc) is 3.27. The Hall–Kier alpha value is -1.53. The Morgan fingerprint density at radius 3 is 2.57 bits per heavy atom. The molecule has 1 saturated carbocycles. The summed E-state index contributed by atoms with van der Waals surface area (Å²) in [6, 6.07) is 3.35. The third-order valence-corrected chi connectivity index (χ3v) is 4.06. The van der Waals surface area contributed by atoms with Gasteiger partial charge in [0.1, 0.15) is 11.6 Å². The first-order chi connectivity index (χ1) is 10.9. The zero-order valence-electron chi connectivity index (χ0n) is 13.6. The van der Waals surface area contributed by atoms with Crippen LogP contribution in [0.5, 0.6) is 0 Å². The molecule has 1 fully saturated rings. The molecular weight excluding hydrogens is 302 g/mol. The molecule has 128 valence electrons. The number of hydrogen-bond acceptors (Lipinski definition) is 3. The van der Waals surface area contributed by atoms with Crippen molar-refractivity contribution in [3.05, 3.63) is 35.4 Å². The molecule has 0 spiro atoms.